The molecular formula is C6H11BN2O4. The number of nitrogens with zero attached hydrogens (tertiary/aromatic N) is 1. The van der Waals surface area contributed by atoms with E-state index in [-0.39, 0.29) is 0 Å². The second-order valence-electron chi connectivity index (χ2n) is 1.95. The van der Waals surface area contributed by atoms with Gasteiger partial charge < -0.3 is 25.5 Å². The van der Waals surface area contributed by atoms with Crippen molar-refractivity contribution in [1.82, 2.24) is 4.98 Å². The van der Waals surface area contributed by atoms with Gasteiger partial charge in [0.1, 0.15) is 0 Å². The van der Waals surface area contributed by atoms with Crippen LogP contribution in [0.15, 0.2) is 18.3 Å². The summed E-state index contributed by atoms with van der Waals surface area (Å²) >= 11 is 0. The summed E-state index contributed by atoms with van der Waals surface area (Å²) in [4.78, 5) is 3.85. The number of pyridine rings is 1. The topological polar surface area (TPSA) is 109 Å². The van der Waals surface area contributed by atoms with E-state index >= 15 is 0 Å². The molecule has 0 unspecified atom stereocenters. The molecule has 0 aliphatic carbocycles. The van der Waals surface area contributed by atoms with E-state index in [1.165, 1.54) is 0 Å². The summed E-state index contributed by atoms with van der Waals surface area (Å²) in [6.07, 6.45) is 1.63. The minimum absolute atomic E-state index is 0.484. The second kappa shape index (κ2) is 6.24. The van der Waals surface area contributed by atoms with Gasteiger partial charge in [-0.25, -0.2) is 4.98 Å². The molecule has 0 saturated carbocycles. The first-order valence-corrected chi connectivity index (χ1v) is 3.36. The molecule has 1 heterocycles. The molecule has 0 aliphatic rings. The van der Waals surface area contributed by atoms with Crippen LogP contribution in [0.2, 0.25) is 0 Å². The summed E-state index contributed by atoms with van der Waals surface area (Å²) < 4.78 is 4.81. The van der Waals surface area contributed by atoms with Crippen LogP contribution in [-0.2, 0) is 0 Å². The fourth-order valence-corrected chi connectivity index (χ4v) is 0.574. The smallest absolute Gasteiger partial charge is 0.480 e. The Kier molecular flexibility index (Phi) is 5.61. The minimum atomic E-state index is -2.17. The van der Waals surface area contributed by atoms with Crippen LogP contribution in [0.5, 0.6) is 5.88 Å². The van der Waals surface area contributed by atoms with Gasteiger partial charge in [-0.1, -0.05) is 0 Å². The first-order valence-electron chi connectivity index (χ1n) is 3.36. The van der Waals surface area contributed by atoms with Gasteiger partial charge in [-0.05, 0) is 12.1 Å². The summed E-state index contributed by atoms with van der Waals surface area (Å²) in [6.45, 7) is 0. The zero-order valence-electron chi connectivity index (χ0n) is 7.08. The van der Waals surface area contributed by atoms with Gasteiger partial charge in [0.15, 0.2) is 0 Å². The van der Waals surface area contributed by atoms with Crippen LogP contribution in [0.4, 0.5) is 5.69 Å². The van der Waals surface area contributed by atoms with Crippen molar-refractivity contribution in [3.63, 3.8) is 0 Å². The summed E-state index contributed by atoms with van der Waals surface area (Å²) in [6, 6.07) is 3.50. The van der Waals surface area contributed by atoms with Crippen molar-refractivity contribution >= 4 is 13.0 Å². The molecule has 0 atom stereocenters. The van der Waals surface area contributed by atoms with Gasteiger partial charge >= 0.3 is 7.32 Å². The molecule has 0 fully saturated rings. The van der Waals surface area contributed by atoms with Crippen molar-refractivity contribution in [3.8, 4) is 5.88 Å². The Morgan fingerprint density at radius 3 is 2.31 bits per heavy atom. The maximum absolute atomic E-state index is 7.17. The van der Waals surface area contributed by atoms with Crippen LogP contribution in [0, 0.1) is 0 Å². The van der Waals surface area contributed by atoms with Crippen molar-refractivity contribution in [2.45, 2.75) is 0 Å². The highest BCUT2D eigenvalue weighted by atomic mass is 16.5. The molecule has 1 aromatic rings. The molecule has 0 amide bonds. The summed E-state index contributed by atoms with van der Waals surface area (Å²) in [7, 11) is -0.626. The van der Waals surface area contributed by atoms with Crippen LogP contribution < -0.4 is 10.5 Å². The monoisotopic (exact) mass is 186 g/mol. The van der Waals surface area contributed by atoms with Crippen molar-refractivity contribution in [1.29, 1.82) is 0 Å². The molecule has 7 heteroatoms. The number of hydrogen-bond acceptors (Lipinski definition) is 6. The average Bonchev–Trinajstić information content (AvgIpc) is 2.04. The van der Waals surface area contributed by atoms with E-state index in [1.807, 2.05) is 0 Å². The first-order chi connectivity index (χ1) is 6.07. The molecule has 0 aliphatic heterocycles. The van der Waals surface area contributed by atoms with E-state index in [9.17, 15) is 0 Å². The number of hydrogen-bond donors (Lipinski definition) is 4. The molecule has 1 rings (SSSR count). The lowest BCUT2D eigenvalue weighted by Crippen LogP contribution is -2.07. The first kappa shape index (κ1) is 11.7. The number of ether oxygens (including phenoxy) is 1. The lowest BCUT2D eigenvalue weighted by molar-refractivity contribution is 0.278. The lowest BCUT2D eigenvalue weighted by Gasteiger charge is -1.98. The molecule has 1 aromatic heterocycles. The molecule has 0 radical (unpaired) electrons. The van der Waals surface area contributed by atoms with Gasteiger partial charge in [0.05, 0.1) is 12.8 Å². The Balaban J connectivity index is 0.000000310. The summed E-state index contributed by atoms with van der Waals surface area (Å²) in [5, 5.41) is 21.5. The lowest BCUT2D eigenvalue weighted by atomic mass is 10.3. The molecule has 6 nitrogen and oxygen atoms in total. The van der Waals surface area contributed by atoms with E-state index in [2.05, 4.69) is 4.98 Å². The number of rotatable bonds is 1. The largest absolute Gasteiger partial charge is 0.631 e. The number of aromatic nitrogens is 1. The number of anilines is 1. The molecular weight excluding hydrogens is 175 g/mol. The Morgan fingerprint density at radius 1 is 1.46 bits per heavy atom. The zero-order chi connectivity index (χ0) is 10.3. The maximum atomic E-state index is 7.17. The Labute approximate surface area is 75.8 Å². The Bertz CT molecular complexity index is 243. The zero-order valence-corrected chi connectivity index (χ0v) is 7.08. The van der Waals surface area contributed by atoms with Crippen LogP contribution in [0.25, 0.3) is 0 Å². The van der Waals surface area contributed by atoms with Gasteiger partial charge in [0.2, 0.25) is 5.88 Å². The fraction of sp³-hybridized carbons (Fsp3) is 0.167. The van der Waals surface area contributed by atoms with Crippen LogP contribution >= 0.6 is 0 Å². The van der Waals surface area contributed by atoms with Crippen molar-refractivity contribution in [2.75, 3.05) is 12.8 Å². The Hall–Kier alpha value is -1.31. The minimum Gasteiger partial charge on any atom is -0.480 e. The van der Waals surface area contributed by atoms with E-state index in [0.29, 0.717) is 11.6 Å². The highest BCUT2D eigenvalue weighted by Gasteiger charge is 1.94. The van der Waals surface area contributed by atoms with Crippen LogP contribution in [0.1, 0.15) is 0 Å². The van der Waals surface area contributed by atoms with E-state index in [4.69, 9.17) is 25.5 Å². The predicted molar refractivity (Wildman–Crippen MR) is 47.6 cm³/mol. The predicted octanol–water partition coefficient (Wildman–Crippen LogP) is -1.38. The van der Waals surface area contributed by atoms with E-state index in [1.54, 1.807) is 25.4 Å². The SMILES string of the molecule is COc1ncccc1N.OB(O)O. The Morgan fingerprint density at radius 2 is 2.00 bits per heavy atom. The van der Waals surface area contributed by atoms with E-state index in [0.717, 1.165) is 0 Å². The summed E-state index contributed by atoms with van der Waals surface area (Å²) in [5.41, 5.74) is 6.01. The molecule has 72 valence electrons. The number of nitrogen functional groups attached to an aromatic ring is 1. The van der Waals surface area contributed by atoms with Gasteiger partial charge in [-0.2, -0.15) is 0 Å². The normalized spacial score (nSPS) is 8.31. The van der Waals surface area contributed by atoms with Crippen LogP contribution in [0.3, 0.4) is 0 Å². The summed E-state index contributed by atoms with van der Waals surface area (Å²) in [5.74, 6) is 0.484. The average molecular weight is 186 g/mol. The van der Waals surface area contributed by atoms with Gasteiger partial charge in [-0.15, -0.1) is 0 Å². The third kappa shape index (κ3) is 5.91. The van der Waals surface area contributed by atoms with Crippen molar-refractivity contribution in [2.24, 2.45) is 0 Å². The maximum Gasteiger partial charge on any atom is 0.631 e. The van der Waals surface area contributed by atoms with Crippen molar-refractivity contribution < 1.29 is 19.8 Å². The van der Waals surface area contributed by atoms with Crippen molar-refractivity contribution in [3.05, 3.63) is 18.3 Å². The standard InChI is InChI=1S/C6H8N2O.BH3O3/c1-9-6-5(7)3-2-4-8-6;2-1(3)4/h2-4H,7H2,1H3;2-4H. The third-order valence-corrected chi connectivity index (χ3v) is 0.994. The third-order valence-electron chi connectivity index (χ3n) is 0.994. The quantitative estimate of drug-likeness (QED) is 0.402. The molecule has 0 saturated heterocycles. The van der Waals surface area contributed by atoms with Gasteiger partial charge in [-0.3, -0.25) is 0 Å². The highest BCUT2D eigenvalue weighted by molar-refractivity contribution is 6.30. The molecule has 0 spiro atoms. The van der Waals surface area contributed by atoms with Gasteiger partial charge in [0.25, 0.3) is 0 Å². The molecule has 5 N–H and O–H groups in total. The second-order valence-corrected chi connectivity index (χ2v) is 1.95. The highest BCUT2D eigenvalue weighted by Crippen LogP contribution is 2.13. The van der Waals surface area contributed by atoms with Crippen LogP contribution in [-0.4, -0.2) is 34.5 Å². The molecule has 0 bridgehead atoms. The number of nitrogens with two attached hydrogens (primary N) is 1. The fourth-order valence-electron chi connectivity index (χ4n) is 0.574. The van der Waals surface area contributed by atoms with Gasteiger partial charge in [0, 0.05) is 6.20 Å². The number of methoxy groups -OCH3 is 1. The molecule has 13 heavy (non-hydrogen) atoms. The molecule has 0 aromatic carbocycles. The van der Waals surface area contributed by atoms with E-state index < -0.39 is 7.32 Å².